The predicted molar refractivity (Wildman–Crippen MR) is 66.8 cm³/mol. The van der Waals surface area contributed by atoms with Crippen molar-refractivity contribution >= 4 is 11.4 Å². The zero-order chi connectivity index (χ0) is 13.5. The highest BCUT2D eigenvalue weighted by Crippen LogP contribution is 2.25. The lowest BCUT2D eigenvalue weighted by Crippen LogP contribution is -1.82. The normalized spacial score (nSPS) is 9.05. The summed E-state index contributed by atoms with van der Waals surface area (Å²) in [4.78, 5) is 5.89. The van der Waals surface area contributed by atoms with Crippen LogP contribution < -0.4 is 14.6 Å². The third-order valence-corrected chi connectivity index (χ3v) is 2.24. The second-order valence-corrected chi connectivity index (χ2v) is 3.49. The van der Waals surface area contributed by atoms with Gasteiger partial charge in [0.15, 0.2) is 21.6 Å². The molecular formula is C12H10N6O+2. The highest BCUT2D eigenvalue weighted by atomic mass is 16.5. The molecule has 2 aromatic rings. The van der Waals surface area contributed by atoms with E-state index in [1.807, 2.05) is 0 Å². The Bertz CT molecular complexity index is 592. The lowest BCUT2D eigenvalue weighted by Gasteiger charge is -2.04. The van der Waals surface area contributed by atoms with E-state index < -0.39 is 0 Å². The molecule has 0 heterocycles. The zero-order valence-electron chi connectivity index (χ0n) is 9.82. The summed E-state index contributed by atoms with van der Waals surface area (Å²) in [6.45, 7) is 0. The largest absolute Gasteiger partial charge is 0.457 e. The Hall–Kier alpha value is -3.14. The number of ether oxygens (including phenoxy) is 1. The number of nitrogens with one attached hydrogen (secondary N) is 2. The summed E-state index contributed by atoms with van der Waals surface area (Å²) in [7, 11) is 0. The molecule has 0 spiro atoms. The summed E-state index contributed by atoms with van der Waals surface area (Å²) in [5.74, 6) is 1.30. The standard InChI is InChI=1S/C12H10N6O/c13-17-15-9-1-5-11(6-2-9)19-12-7-3-10(4-8-12)16-18-14/h1-8,13-14H/q+2. The molecular weight excluding hydrogens is 244 g/mol. The first kappa shape index (κ1) is 12.3. The molecule has 2 aromatic carbocycles. The van der Waals surface area contributed by atoms with Crippen LogP contribution in [0, 0.1) is 11.1 Å². The van der Waals surface area contributed by atoms with Gasteiger partial charge in [-0.1, -0.05) is 0 Å². The Balaban J connectivity index is 2.11. The molecule has 7 nitrogen and oxygen atoms in total. The fourth-order valence-corrected chi connectivity index (χ4v) is 1.41. The highest BCUT2D eigenvalue weighted by Gasteiger charge is 2.01. The summed E-state index contributed by atoms with van der Waals surface area (Å²) in [6, 6.07) is 13.8. The molecule has 0 aliphatic heterocycles. The van der Waals surface area contributed by atoms with Gasteiger partial charge in [-0.05, 0) is 48.5 Å². The minimum atomic E-state index is 0.591. The summed E-state index contributed by atoms with van der Waals surface area (Å²) >= 11 is 0. The van der Waals surface area contributed by atoms with Crippen molar-refractivity contribution in [2.45, 2.75) is 0 Å². The van der Waals surface area contributed by atoms with E-state index in [0.717, 1.165) is 0 Å². The average Bonchev–Trinajstić information content (AvgIpc) is 2.44. The first-order valence-corrected chi connectivity index (χ1v) is 5.35. The summed E-state index contributed by atoms with van der Waals surface area (Å²) in [6.07, 6.45) is 0. The van der Waals surface area contributed by atoms with Crippen molar-refractivity contribution < 1.29 is 4.74 Å². The van der Waals surface area contributed by atoms with Crippen LogP contribution in [0.5, 0.6) is 11.5 Å². The van der Waals surface area contributed by atoms with Crippen molar-refractivity contribution in [2.24, 2.45) is 10.2 Å². The van der Waals surface area contributed by atoms with E-state index in [2.05, 4.69) is 20.1 Å². The lowest BCUT2D eigenvalue weighted by molar-refractivity contribution is 0.483. The maximum atomic E-state index is 6.62. The van der Waals surface area contributed by atoms with E-state index in [-0.39, 0.29) is 0 Å². The maximum Gasteiger partial charge on any atom is 0.220 e. The number of hydrogen-bond acceptors (Lipinski definition) is 5. The van der Waals surface area contributed by atoms with Crippen LogP contribution in [0.25, 0.3) is 0 Å². The Kier molecular flexibility index (Phi) is 3.87. The van der Waals surface area contributed by atoms with Gasteiger partial charge in [0.1, 0.15) is 22.6 Å². The Morgan fingerprint density at radius 3 is 1.37 bits per heavy atom. The molecule has 0 fully saturated rings. The second kappa shape index (κ2) is 5.97. The molecule has 92 valence electrons. The minimum absolute atomic E-state index is 0.591. The molecule has 0 aromatic heterocycles. The van der Waals surface area contributed by atoms with Crippen molar-refractivity contribution in [3.05, 3.63) is 48.5 Å². The molecule has 0 aliphatic carbocycles. The van der Waals surface area contributed by atoms with Crippen LogP contribution in [-0.2, 0) is 0 Å². The average molecular weight is 254 g/mol. The van der Waals surface area contributed by atoms with Crippen molar-refractivity contribution in [3.63, 3.8) is 0 Å². The molecule has 0 bridgehead atoms. The van der Waals surface area contributed by atoms with Crippen LogP contribution in [0.1, 0.15) is 0 Å². The molecule has 0 radical (unpaired) electrons. The van der Waals surface area contributed by atoms with Crippen LogP contribution >= 0.6 is 0 Å². The van der Waals surface area contributed by atoms with Crippen LogP contribution in [-0.4, -0.2) is 0 Å². The van der Waals surface area contributed by atoms with Crippen LogP contribution in [0.15, 0.2) is 58.8 Å². The van der Waals surface area contributed by atoms with Gasteiger partial charge in [0.25, 0.3) is 0 Å². The minimum Gasteiger partial charge on any atom is -0.457 e. The van der Waals surface area contributed by atoms with Crippen molar-refractivity contribution in [1.82, 2.24) is 9.82 Å². The van der Waals surface area contributed by atoms with E-state index in [0.29, 0.717) is 22.9 Å². The second-order valence-electron chi connectivity index (χ2n) is 3.49. The Morgan fingerprint density at radius 2 is 1.05 bits per heavy atom. The van der Waals surface area contributed by atoms with E-state index in [1.54, 1.807) is 48.5 Å². The van der Waals surface area contributed by atoms with Gasteiger partial charge in [-0.15, -0.1) is 0 Å². The van der Waals surface area contributed by atoms with Gasteiger partial charge < -0.3 is 4.74 Å². The molecule has 19 heavy (non-hydrogen) atoms. The smallest absolute Gasteiger partial charge is 0.220 e. The predicted octanol–water partition coefficient (Wildman–Crippen LogP) is 3.84. The molecule has 0 unspecified atom stereocenters. The van der Waals surface area contributed by atoms with Crippen molar-refractivity contribution in [2.75, 3.05) is 0 Å². The number of rotatable bonds is 4. The van der Waals surface area contributed by atoms with Gasteiger partial charge in [-0.25, -0.2) is 0 Å². The first-order chi connectivity index (χ1) is 9.31. The quantitative estimate of drug-likeness (QED) is 0.627. The van der Waals surface area contributed by atoms with Crippen LogP contribution in [0.2, 0.25) is 0 Å². The van der Waals surface area contributed by atoms with E-state index >= 15 is 0 Å². The first-order valence-electron chi connectivity index (χ1n) is 5.35. The fraction of sp³-hybridized carbons (Fsp3) is 0. The fourth-order valence-electron chi connectivity index (χ4n) is 1.41. The summed E-state index contributed by atoms with van der Waals surface area (Å²) in [5, 5.41) is 7.16. The summed E-state index contributed by atoms with van der Waals surface area (Å²) < 4.78 is 5.61. The third-order valence-electron chi connectivity index (χ3n) is 2.24. The number of hydrogen-bond donors (Lipinski definition) is 2. The van der Waals surface area contributed by atoms with Gasteiger partial charge in [-0.3, -0.25) is 0 Å². The molecule has 0 amide bonds. The lowest BCUT2D eigenvalue weighted by atomic mass is 10.3. The Morgan fingerprint density at radius 1 is 0.684 bits per heavy atom. The van der Waals surface area contributed by atoms with E-state index in [1.165, 1.54) is 0 Å². The molecule has 7 heteroatoms. The molecule has 0 saturated carbocycles. The topological polar surface area (TPSA) is 110 Å². The zero-order valence-corrected chi connectivity index (χ0v) is 9.82. The van der Waals surface area contributed by atoms with Crippen LogP contribution in [0.4, 0.5) is 11.4 Å². The van der Waals surface area contributed by atoms with Gasteiger partial charge in [0.05, 0.1) is 0 Å². The van der Waals surface area contributed by atoms with Crippen molar-refractivity contribution in [1.29, 1.82) is 11.1 Å². The van der Waals surface area contributed by atoms with E-state index in [9.17, 15) is 0 Å². The molecule has 0 saturated heterocycles. The molecule has 0 atom stereocenters. The maximum absolute atomic E-state index is 6.62. The summed E-state index contributed by atoms with van der Waals surface area (Å²) in [5.41, 5.74) is 14.4. The highest BCUT2D eigenvalue weighted by molar-refractivity contribution is 5.44. The third kappa shape index (κ3) is 3.41. The van der Waals surface area contributed by atoms with E-state index in [4.69, 9.17) is 15.8 Å². The van der Waals surface area contributed by atoms with Crippen molar-refractivity contribution in [3.8, 4) is 11.5 Å². The monoisotopic (exact) mass is 254 g/mol. The van der Waals surface area contributed by atoms with Gasteiger partial charge in [-0.2, -0.15) is 0 Å². The van der Waals surface area contributed by atoms with Gasteiger partial charge in [0.2, 0.25) is 9.82 Å². The number of benzene rings is 2. The van der Waals surface area contributed by atoms with Gasteiger partial charge in [0, 0.05) is 0 Å². The van der Waals surface area contributed by atoms with Crippen LogP contribution in [0.3, 0.4) is 0 Å². The molecule has 2 N–H and O–H groups in total. The Labute approximate surface area is 108 Å². The molecule has 2 rings (SSSR count). The molecule has 0 aliphatic rings. The van der Waals surface area contributed by atoms with Gasteiger partial charge >= 0.3 is 0 Å². The SMILES string of the molecule is N=[N+]=Nc1ccc(Oc2ccc(N=[N+]=N)cc2)cc1. The number of nitrogens with zero attached hydrogens (tertiary/aromatic N) is 4.